The smallest absolute Gasteiger partial charge is 0.158 e. The van der Waals surface area contributed by atoms with Gasteiger partial charge in [-0.15, -0.1) is 0 Å². The third-order valence-corrected chi connectivity index (χ3v) is 4.03. The highest BCUT2D eigenvalue weighted by Gasteiger charge is 2.13. The van der Waals surface area contributed by atoms with Crippen LogP contribution < -0.4 is 11.1 Å². The van der Waals surface area contributed by atoms with E-state index < -0.39 is 0 Å². The molecule has 1 aliphatic heterocycles. The van der Waals surface area contributed by atoms with Crippen molar-refractivity contribution in [3.63, 3.8) is 0 Å². The van der Waals surface area contributed by atoms with Crippen LogP contribution in [0.3, 0.4) is 0 Å². The van der Waals surface area contributed by atoms with Crippen molar-refractivity contribution in [1.82, 2.24) is 9.97 Å². The lowest BCUT2D eigenvalue weighted by molar-refractivity contribution is 0.178. The van der Waals surface area contributed by atoms with Gasteiger partial charge in [0.05, 0.1) is 0 Å². The van der Waals surface area contributed by atoms with Crippen LogP contribution >= 0.6 is 11.8 Å². The van der Waals surface area contributed by atoms with E-state index in [0.29, 0.717) is 18.2 Å². The first-order valence-electron chi connectivity index (χ1n) is 6.22. The Morgan fingerprint density at radius 3 is 2.94 bits per heavy atom. The molecule has 0 unspecified atom stereocenters. The molecule has 0 radical (unpaired) electrons. The second-order valence-corrected chi connectivity index (χ2v) is 5.69. The molecular weight excluding hydrogens is 248 g/mol. The fraction of sp³-hybridized carbons (Fsp3) is 0.667. The van der Waals surface area contributed by atoms with Crippen LogP contribution in [-0.2, 0) is 11.3 Å². The summed E-state index contributed by atoms with van der Waals surface area (Å²) < 4.78 is 5.02. The fourth-order valence-corrected chi connectivity index (χ4v) is 3.21. The Bertz CT molecular complexity index is 382. The Hall–Kier alpha value is -1.01. The minimum Gasteiger partial charge on any atom is -0.384 e. The molecule has 5 nitrogen and oxygen atoms in total. The molecule has 18 heavy (non-hydrogen) atoms. The summed E-state index contributed by atoms with van der Waals surface area (Å²) in [7, 11) is 1.62. The first-order valence-corrected chi connectivity index (χ1v) is 7.37. The average Bonchev–Trinajstić information content (AvgIpc) is 2.37. The number of nitrogens with zero attached hydrogens (tertiary/aromatic N) is 2. The monoisotopic (exact) mass is 268 g/mol. The van der Waals surface area contributed by atoms with Gasteiger partial charge in [-0.2, -0.15) is 11.8 Å². The van der Waals surface area contributed by atoms with Crippen molar-refractivity contribution in [3.8, 4) is 0 Å². The summed E-state index contributed by atoms with van der Waals surface area (Å²) in [6, 6.07) is 1.77. The van der Waals surface area contributed by atoms with Gasteiger partial charge in [0.2, 0.25) is 0 Å². The number of thioether (sulfide) groups is 1. The molecule has 2 heterocycles. The largest absolute Gasteiger partial charge is 0.384 e. The van der Waals surface area contributed by atoms with Gasteiger partial charge >= 0.3 is 0 Å². The number of nitrogen functional groups attached to an aromatic ring is 1. The molecule has 0 aliphatic carbocycles. The van der Waals surface area contributed by atoms with E-state index in [1.807, 2.05) is 11.8 Å². The predicted octanol–water partition coefficient (Wildman–Crippen LogP) is 1.76. The number of rotatable bonds is 5. The zero-order valence-corrected chi connectivity index (χ0v) is 11.5. The summed E-state index contributed by atoms with van der Waals surface area (Å²) in [5.41, 5.74) is 5.75. The number of anilines is 2. The minimum atomic E-state index is 0.389. The number of nitrogens with one attached hydrogen (secondary N) is 1. The van der Waals surface area contributed by atoms with Crippen LogP contribution in [0, 0.1) is 5.92 Å². The van der Waals surface area contributed by atoms with Crippen molar-refractivity contribution in [1.29, 1.82) is 0 Å². The van der Waals surface area contributed by atoms with Gasteiger partial charge < -0.3 is 15.8 Å². The molecule has 1 aromatic heterocycles. The van der Waals surface area contributed by atoms with Crippen LogP contribution in [-0.4, -0.2) is 35.1 Å². The normalized spacial score (nSPS) is 16.7. The molecule has 0 saturated carbocycles. The van der Waals surface area contributed by atoms with Crippen molar-refractivity contribution in [2.75, 3.05) is 36.2 Å². The summed E-state index contributed by atoms with van der Waals surface area (Å²) in [6.07, 6.45) is 2.56. The van der Waals surface area contributed by atoms with Gasteiger partial charge in [0.25, 0.3) is 0 Å². The third kappa shape index (κ3) is 4.03. The van der Waals surface area contributed by atoms with Crippen LogP contribution in [0.1, 0.15) is 18.7 Å². The molecule has 1 aromatic rings. The quantitative estimate of drug-likeness (QED) is 0.847. The van der Waals surface area contributed by atoms with Crippen LogP contribution in [0.5, 0.6) is 0 Å². The van der Waals surface area contributed by atoms with E-state index in [0.717, 1.165) is 18.3 Å². The zero-order valence-electron chi connectivity index (χ0n) is 10.7. The van der Waals surface area contributed by atoms with Crippen LogP contribution in [0.15, 0.2) is 6.07 Å². The van der Waals surface area contributed by atoms with E-state index in [1.54, 1.807) is 13.2 Å². The highest BCUT2D eigenvalue weighted by atomic mass is 32.2. The van der Waals surface area contributed by atoms with Gasteiger partial charge in [-0.3, -0.25) is 0 Å². The summed E-state index contributed by atoms with van der Waals surface area (Å²) in [6.45, 7) is 1.35. The first kappa shape index (κ1) is 13.4. The second kappa shape index (κ2) is 6.80. The lowest BCUT2D eigenvalue weighted by atomic mass is 10.0. The molecule has 0 bridgehead atoms. The van der Waals surface area contributed by atoms with Crippen molar-refractivity contribution in [2.24, 2.45) is 5.92 Å². The van der Waals surface area contributed by atoms with E-state index >= 15 is 0 Å². The highest BCUT2D eigenvalue weighted by molar-refractivity contribution is 7.99. The van der Waals surface area contributed by atoms with E-state index in [-0.39, 0.29) is 0 Å². The molecule has 0 amide bonds. The van der Waals surface area contributed by atoms with Gasteiger partial charge in [-0.05, 0) is 30.3 Å². The predicted molar refractivity (Wildman–Crippen MR) is 75.7 cm³/mol. The van der Waals surface area contributed by atoms with E-state index in [1.165, 1.54) is 24.3 Å². The highest BCUT2D eigenvalue weighted by Crippen LogP contribution is 2.23. The second-order valence-electron chi connectivity index (χ2n) is 4.46. The third-order valence-electron chi connectivity index (χ3n) is 2.98. The first-order chi connectivity index (χ1) is 8.78. The lowest BCUT2D eigenvalue weighted by Gasteiger charge is -2.21. The SMILES string of the molecule is COCc1nc(N)cc(NCC2CCSCC2)n1. The number of hydrogen-bond donors (Lipinski definition) is 2. The van der Waals surface area contributed by atoms with Crippen LogP contribution in [0.4, 0.5) is 11.6 Å². The van der Waals surface area contributed by atoms with Gasteiger partial charge in [-0.25, -0.2) is 9.97 Å². The van der Waals surface area contributed by atoms with E-state index in [2.05, 4.69) is 15.3 Å². The average molecular weight is 268 g/mol. The maximum Gasteiger partial charge on any atom is 0.158 e. The molecule has 2 rings (SSSR count). The maximum atomic E-state index is 5.75. The molecule has 6 heteroatoms. The summed E-state index contributed by atoms with van der Waals surface area (Å²) >= 11 is 2.04. The molecular formula is C12H20N4OS. The maximum absolute atomic E-state index is 5.75. The Morgan fingerprint density at radius 2 is 2.22 bits per heavy atom. The molecule has 1 aliphatic rings. The van der Waals surface area contributed by atoms with Gasteiger partial charge in [-0.1, -0.05) is 0 Å². The van der Waals surface area contributed by atoms with Gasteiger partial charge in [0.15, 0.2) is 5.82 Å². The topological polar surface area (TPSA) is 73.1 Å². The number of methoxy groups -OCH3 is 1. The molecule has 0 atom stereocenters. The lowest BCUT2D eigenvalue weighted by Crippen LogP contribution is -2.20. The zero-order chi connectivity index (χ0) is 12.8. The molecule has 1 fully saturated rings. The van der Waals surface area contributed by atoms with Gasteiger partial charge in [0, 0.05) is 19.7 Å². The number of aromatic nitrogens is 2. The number of nitrogens with two attached hydrogens (primary N) is 1. The molecule has 0 spiro atoms. The van der Waals surface area contributed by atoms with Crippen molar-refractivity contribution in [2.45, 2.75) is 19.4 Å². The molecule has 100 valence electrons. The van der Waals surface area contributed by atoms with Crippen LogP contribution in [0.2, 0.25) is 0 Å². The number of ether oxygens (including phenoxy) is 1. The van der Waals surface area contributed by atoms with E-state index in [9.17, 15) is 0 Å². The summed E-state index contributed by atoms with van der Waals surface area (Å²) in [4.78, 5) is 8.49. The van der Waals surface area contributed by atoms with Crippen LogP contribution in [0.25, 0.3) is 0 Å². The Kier molecular flexibility index (Phi) is 5.07. The standard InChI is InChI=1S/C12H20N4OS/c1-17-8-12-15-10(13)6-11(16-12)14-7-9-2-4-18-5-3-9/h6,9H,2-5,7-8H2,1H3,(H3,13,14,15,16). The Balaban J connectivity index is 1.91. The van der Waals surface area contributed by atoms with Crippen molar-refractivity contribution < 1.29 is 4.74 Å². The van der Waals surface area contributed by atoms with Crippen molar-refractivity contribution in [3.05, 3.63) is 11.9 Å². The minimum absolute atomic E-state index is 0.389. The fourth-order valence-electron chi connectivity index (χ4n) is 2.00. The molecule has 3 N–H and O–H groups in total. The Labute approximate surface area is 112 Å². The Morgan fingerprint density at radius 1 is 1.44 bits per heavy atom. The van der Waals surface area contributed by atoms with Gasteiger partial charge in [0.1, 0.15) is 18.2 Å². The molecule has 1 saturated heterocycles. The number of hydrogen-bond acceptors (Lipinski definition) is 6. The van der Waals surface area contributed by atoms with Crippen molar-refractivity contribution >= 4 is 23.4 Å². The summed E-state index contributed by atoms with van der Waals surface area (Å²) in [5, 5.41) is 3.36. The molecule has 0 aromatic carbocycles. The van der Waals surface area contributed by atoms with E-state index in [4.69, 9.17) is 10.5 Å². The summed E-state index contributed by atoms with van der Waals surface area (Å²) in [5.74, 6) is 5.19.